The van der Waals surface area contributed by atoms with E-state index in [2.05, 4.69) is 22.5 Å². The summed E-state index contributed by atoms with van der Waals surface area (Å²) in [6.45, 7) is 6.96. The van der Waals surface area contributed by atoms with Crippen LogP contribution in [-0.2, 0) is 0 Å². The maximum Gasteiger partial charge on any atom is 0.319 e. The van der Waals surface area contributed by atoms with E-state index in [9.17, 15) is 4.79 Å². The highest BCUT2D eigenvalue weighted by Gasteiger charge is 2.23. The summed E-state index contributed by atoms with van der Waals surface area (Å²) in [5.74, 6) is 0. The fraction of sp³-hybridized carbons (Fsp3) is 0.562. The van der Waals surface area contributed by atoms with Crippen LogP contribution in [0.4, 0.5) is 16.2 Å². The number of nitrogens with one attached hydrogen (secondary N) is 2. The Bertz CT molecular complexity index is 465. The molecule has 5 nitrogen and oxygen atoms in total. The fourth-order valence-corrected chi connectivity index (χ4v) is 2.01. The van der Waals surface area contributed by atoms with Gasteiger partial charge in [0.1, 0.15) is 0 Å². The molecule has 0 spiro atoms. The van der Waals surface area contributed by atoms with Crippen molar-refractivity contribution in [2.45, 2.75) is 39.2 Å². The fourth-order valence-electron chi connectivity index (χ4n) is 2.01. The number of hydrogen-bond donors (Lipinski definition) is 3. The summed E-state index contributed by atoms with van der Waals surface area (Å²) in [7, 11) is 2.01. The van der Waals surface area contributed by atoms with Gasteiger partial charge in [-0.3, -0.25) is 0 Å². The number of benzene rings is 1. The Hall–Kier alpha value is -1.75. The van der Waals surface area contributed by atoms with E-state index in [1.54, 1.807) is 0 Å². The minimum atomic E-state index is -0.392. The molecule has 0 aliphatic rings. The summed E-state index contributed by atoms with van der Waals surface area (Å²) in [5, 5.41) is 14.9. The lowest BCUT2D eigenvalue weighted by molar-refractivity contribution is 0.208. The lowest BCUT2D eigenvalue weighted by Gasteiger charge is -2.29. The van der Waals surface area contributed by atoms with E-state index in [-0.39, 0.29) is 12.6 Å². The van der Waals surface area contributed by atoms with Gasteiger partial charge in [0.15, 0.2) is 0 Å². The van der Waals surface area contributed by atoms with Crippen LogP contribution in [-0.4, -0.2) is 36.9 Å². The maximum atomic E-state index is 12.1. The van der Waals surface area contributed by atoms with Crippen molar-refractivity contribution in [3.05, 3.63) is 24.3 Å². The first-order valence-electron chi connectivity index (χ1n) is 7.45. The number of anilines is 2. The van der Waals surface area contributed by atoms with Crippen LogP contribution in [0.3, 0.4) is 0 Å². The number of carbonyl (C=O) groups excluding carboxylic acids is 1. The normalized spacial score (nSPS) is 13.4. The zero-order chi connectivity index (χ0) is 15.9. The van der Waals surface area contributed by atoms with E-state index in [1.165, 1.54) is 0 Å². The summed E-state index contributed by atoms with van der Waals surface area (Å²) >= 11 is 0. The van der Waals surface area contributed by atoms with Gasteiger partial charge in [-0.15, -0.1) is 0 Å². The van der Waals surface area contributed by atoms with E-state index >= 15 is 0 Å². The highest BCUT2D eigenvalue weighted by Crippen LogP contribution is 2.19. The molecule has 1 aromatic rings. The van der Waals surface area contributed by atoms with Crippen molar-refractivity contribution in [1.29, 1.82) is 0 Å². The zero-order valence-electron chi connectivity index (χ0n) is 13.4. The van der Waals surface area contributed by atoms with Gasteiger partial charge in [0, 0.05) is 37.1 Å². The average molecular weight is 293 g/mol. The Morgan fingerprint density at radius 2 is 2.10 bits per heavy atom. The van der Waals surface area contributed by atoms with Crippen molar-refractivity contribution in [1.82, 2.24) is 5.32 Å². The summed E-state index contributed by atoms with van der Waals surface area (Å²) in [4.78, 5) is 14.2. The van der Waals surface area contributed by atoms with Crippen molar-refractivity contribution in [3.8, 4) is 0 Å². The third-order valence-corrected chi connectivity index (χ3v) is 3.88. The SMILES string of the molecule is CCN(C)c1cccc(NC(=O)NC(C)(CC)CCO)c1. The second-order valence-corrected chi connectivity index (χ2v) is 5.53. The van der Waals surface area contributed by atoms with E-state index in [0.29, 0.717) is 6.42 Å². The second kappa shape index (κ2) is 7.88. The number of urea groups is 1. The largest absolute Gasteiger partial charge is 0.396 e. The van der Waals surface area contributed by atoms with Gasteiger partial charge in [-0.2, -0.15) is 0 Å². The van der Waals surface area contributed by atoms with Gasteiger partial charge < -0.3 is 20.6 Å². The molecule has 0 heterocycles. The van der Waals surface area contributed by atoms with Crippen molar-refractivity contribution < 1.29 is 9.90 Å². The molecule has 1 rings (SSSR count). The molecule has 0 aromatic heterocycles. The molecule has 0 radical (unpaired) electrons. The molecule has 21 heavy (non-hydrogen) atoms. The number of amides is 2. The maximum absolute atomic E-state index is 12.1. The summed E-state index contributed by atoms with van der Waals surface area (Å²) in [6.07, 6.45) is 1.30. The van der Waals surface area contributed by atoms with Crippen LogP contribution < -0.4 is 15.5 Å². The van der Waals surface area contributed by atoms with Crippen molar-refractivity contribution in [2.75, 3.05) is 30.4 Å². The Kier molecular flexibility index (Phi) is 6.49. The zero-order valence-corrected chi connectivity index (χ0v) is 13.4. The Morgan fingerprint density at radius 1 is 1.38 bits per heavy atom. The summed E-state index contributed by atoms with van der Waals surface area (Å²) in [5.41, 5.74) is 1.42. The lowest BCUT2D eigenvalue weighted by Crippen LogP contribution is -2.48. The predicted molar refractivity (Wildman–Crippen MR) is 87.9 cm³/mol. The van der Waals surface area contributed by atoms with Gasteiger partial charge in [-0.05, 0) is 44.9 Å². The molecule has 0 aliphatic carbocycles. The topological polar surface area (TPSA) is 64.6 Å². The van der Waals surface area contributed by atoms with E-state index in [0.717, 1.165) is 24.3 Å². The minimum Gasteiger partial charge on any atom is -0.396 e. The van der Waals surface area contributed by atoms with Gasteiger partial charge in [0.2, 0.25) is 0 Å². The van der Waals surface area contributed by atoms with Gasteiger partial charge in [0.05, 0.1) is 0 Å². The molecule has 118 valence electrons. The van der Waals surface area contributed by atoms with Crippen LogP contribution in [0.25, 0.3) is 0 Å². The number of hydrogen-bond acceptors (Lipinski definition) is 3. The van der Waals surface area contributed by atoms with Gasteiger partial charge in [-0.25, -0.2) is 4.79 Å². The third kappa shape index (κ3) is 5.27. The molecule has 0 saturated heterocycles. The van der Waals surface area contributed by atoms with Crippen LogP contribution in [0, 0.1) is 0 Å². The molecule has 1 aromatic carbocycles. The van der Waals surface area contributed by atoms with E-state index in [4.69, 9.17) is 5.11 Å². The van der Waals surface area contributed by atoms with Gasteiger partial charge >= 0.3 is 6.03 Å². The number of aliphatic hydroxyl groups is 1. The number of aliphatic hydroxyl groups excluding tert-OH is 1. The first kappa shape index (κ1) is 17.3. The highest BCUT2D eigenvalue weighted by molar-refractivity contribution is 5.90. The highest BCUT2D eigenvalue weighted by atomic mass is 16.3. The smallest absolute Gasteiger partial charge is 0.319 e. The standard InChI is InChI=1S/C16H27N3O2/c1-5-16(3,10-11-20)18-15(21)17-13-8-7-9-14(12-13)19(4)6-2/h7-9,12,20H,5-6,10-11H2,1-4H3,(H2,17,18,21). The Balaban J connectivity index is 2.70. The average Bonchev–Trinajstić information content (AvgIpc) is 2.46. The molecule has 0 aliphatic heterocycles. The summed E-state index contributed by atoms with van der Waals surface area (Å²) in [6, 6.07) is 7.49. The van der Waals surface area contributed by atoms with E-state index < -0.39 is 5.54 Å². The van der Waals surface area contributed by atoms with Crippen LogP contribution >= 0.6 is 0 Å². The molecular weight excluding hydrogens is 266 g/mol. The quantitative estimate of drug-likeness (QED) is 0.724. The van der Waals surface area contributed by atoms with Crippen LogP contribution in [0.2, 0.25) is 0 Å². The van der Waals surface area contributed by atoms with Gasteiger partial charge in [0.25, 0.3) is 0 Å². The van der Waals surface area contributed by atoms with Crippen LogP contribution in [0.1, 0.15) is 33.6 Å². The Morgan fingerprint density at radius 3 is 2.67 bits per heavy atom. The van der Waals surface area contributed by atoms with E-state index in [1.807, 2.05) is 45.2 Å². The Labute approximate surface area is 127 Å². The molecule has 1 unspecified atom stereocenters. The molecule has 1 atom stereocenters. The first-order chi connectivity index (χ1) is 9.94. The first-order valence-corrected chi connectivity index (χ1v) is 7.45. The molecular formula is C16H27N3O2. The van der Waals surface area contributed by atoms with Crippen LogP contribution in [0.15, 0.2) is 24.3 Å². The molecule has 0 bridgehead atoms. The number of carbonyl (C=O) groups is 1. The molecule has 3 N–H and O–H groups in total. The van der Waals surface area contributed by atoms with Gasteiger partial charge in [-0.1, -0.05) is 13.0 Å². The molecule has 0 fully saturated rings. The summed E-state index contributed by atoms with van der Waals surface area (Å²) < 4.78 is 0. The van der Waals surface area contributed by atoms with Crippen molar-refractivity contribution in [3.63, 3.8) is 0 Å². The predicted octanol–water partition coefficient (Wildman–Crippen LogP) is 2.82. The van der Waals surface area contributed by atoms with Crippen LogP contribution in [0.5, 0.6) is 0 Å². The molecule has 0 saturated carbocycles. The lowest BCUT2D eigenvalue weighted by atomic mass is 9.95. The third-order valence-electron chi connectivity index (χ3n) is 3.88. The van der Waals surface area contributed by atoms with Crippen molar-refractivity contribution in [2.24, 2.45) is 0 Å². The minimum absolute atomic E-state index is 0.0569. The number of nitrogens with zero attached hydrogens (tertiary/aromatic N) is 1. The number of rotatable bonds is 7. The monoisotopic (exact) mass is 293 g/mol. The molecule has 2 amide bonds. The second-order valence-electron chi connectivity index (χ2n) is 5.53. The molecule has 5 heteroatoms. The van der Waals surface area contributed by atoms with Crippen molar-refractivity contribution >= 4 is 17.4 Å².